The van der Waals surface area contributed by atoms with Crippen LogP contribution in [0.5, 0.6) is 0 Å². The molecule has 2 N–H and O–H groups in total. The van der Waals surface area contributed by atoms with Gasteiger partial charge in [0.2, 0.25) is 5.91 Å². The SMILES string of the molecule is NC(=O)[C@H]1CCCN1C1CCN(C(=O)c2ccc(F)cc2F)CC1. The molecule has 0 aromatic heterocycles. The van der Waals surface area contributed by atoms with Gasteiger partial charge in [-0.2, -0.15) is 0 Å². The van der Waals surface area contributed by atoms with Crippen LogP contribution in [-0.2, 0) is 4.79 Å². The van der Waals surface area contributed by atoms with E-state index in [-0.39, 0.29) is 23.6 Å². The third-order valence-electron chi connectivity index (χ3n) is 5.00. The molecule has 2 aliphatic rings. The Bertz CT molecular complexity index is 645. The van der Waals surface area contributed by atoms with Crippen molar-refractivity contribution in [3.8, 4) is 0 Å². The van der Waals surface area contributed by atoms with Crippen LogP contribution in [0, 0.1) is 11.6 Å². The molecular weight excluding hydrogens is 316 g/mol. The highest BCUT2D eigenvalue weighted by Gasteiger charge is 2.36. The minimum atomic E-state index is -0.838. The van der Waals surface area contributed by atoms with E-state index < -0.39 is 17.5 Å². The largest absolute Gasteiger partial charge is 0.368 e. The molecule has 3 rings (SSSR count). The molecule has 1 aromatic rings. The molecule has 0 bridgehead atoms. The molecular formula is C17H21F2N3O2. The summed E-state index contributed by atoms with van der Waals surface area (Å²) in [7, 11) is 0. The van der Waals surface area contributed by atoms with E-state index in [2.05, 4.69) is 4.90 Å². The third kappa shape index (κ3) is 3.26. The predicted molar refractivity (Wildman–Crippen MR) is 84.2 cm³/mol. The van der Waals surface area contributed by atoms with Crippen molar-refractivity contribution >= 4 is 11.8 Å². The van der Waals surface area contributed by atoms with Gasteiger partial charge in [-0.1, -0.05) is 0 Å². The molecule has 2 fully saturated rings. The monoisotopic (exact) mass is 337 g/mol. The van der Waals surface area contributed by atoms with E-state index in [9.17, 15) is 18.4 Å². The summed E-state index contributed by atoms with van der Waals surface area (Å²) in [6.07, 6.45) is 3.18. The lowest BCUT2D eigenvalue weighted by Crippen LogP contribution is -2.51. The number of halogens is 2. The first-order valence-electron chi connectivity index (χ1n) is 8.27. The fourth-order valence-electron chi connectivity index (χ4n) is 3.77. The number of amides is 2. The maximum atomic E-state index is 13.8. The summed E-state index contributed by atoms with van der Waals surface area (Å²) in [6, 6.07) is 2.99. The fraction of sp³-hybridized carbons (Fsp3) is 0.529. The predicted octanol–water partition coefficient (Wildman–Crippen LogP) is 1.52. The van der Waals surface area contributed by atoms with Crippen LogP contribution >= 0.6 is 0 Å². The van der Waals surface area contributed by atoms with Crippen LogP contribution in [0.3, 0.4) is 0 Å². The molecule has 2 saturated heterocycles. The summed E-state index contributed by atoms with van der Waals surface area (Å²) >= 11 is 0. The van der Waals surface area contributed by atoms with E-state index in [1.165, 1.54) is 6.07 Å². The average Bonchev–Trinajstić information content (AvgIpc) is 3.04. The van der Waals surface area contributed by atoms with Crippen molar-refractivity contribution in [2.75, 3.05) is 19.6 Å². The second-order valence-electron chi connectivity index (χ2n) is 6.45. The fourth-order valence-corrected chi connectivity index (χ4v) is 3.77. The van der Waals surface area contributed by atoms with Crippen molar-refractivity contribution in [3.05, 3.63) is 35.4 Å². The van der Waals surface area contributed by atoms with Crippen molar-refractivity contribution in [2.45, 2.75) is 37.8 Å². The molecule has 0 radical (unpaired) electrons. The highest BCUT2D eigenvalue weighted by atomic mass is 19.1. The Morgan fingerprint density at radius 3 is 2.42 bits per heavy atom. The van der Waals surface area contributed by atoms with Gasteiger partial charge in [0, 0.05) is 25.2 Å². The van der Waals surface area contributed by atoms with Crippen LogP contribution in [0.4, 0.5) is 8.78 Å². The number of carbonyl (C=O) groups is 2. The second kappa shape index (κ2) is 6.84. The first-order valence-corrected chi connectivity index (χ1v) is 8.27. The molecule has 130 valence electrons. The Balaban J connectivity index is 1.62. The van der Waals surface area contributed by atoms with Crippen LogP contribution in [0.2, 0.25) is 0 Å². The standard InChI is InChI=1S/C17H21F2N3O2/c18-11-3-4-13(14(19)10-11)17(24)21-8-5-12(6-9-21)22-7-1-2-15(22)16(20)23/h3-4,10,12,15H,1-2,5-9H2,(H2,20,23)/t15-/m1/s1. The Morgan fingerprint density at radius 2 is 1.79 bits per heavy atom. The number of rotatable bonds is 3. The topological polar surface area (TPSA) is 66.6 Å². The zero-order chi connectivity index (χ0) is 17.3. The second-order valence-corrected chi connectivity index (χ2v) is 6.45. The van der Waals surface area contributed by atoms with Gasteiger partial charge in [-0.3, -0.25) is 14.5 Å². The average molecular weight is 337 g/mol. The molecule has 1 aromatic carbocycles. The van der Waals surface area contributed by atoms with Gasteiger partial charge >= 0.3 is 0 Å². The van der Waals surface area contributed by atoms with Gasteiger partial charge in [0.25, 0.3) is 5.91 Å². The molecule has 1 atom stereocenters. The maximum absolute atomic E-state index is 13.8. The number of nitrogens with two attached hydrogens (primary N) is 1. The van der Waals surface area contributed by atoms with Crippen molar-refractivity contribution in [2.24, 2.45) is 5.73 Å². The first-order chi connectivity index (χ1) is 11.5. The molecule has 0 aliphatic carbocycles. The molecule has 0 spiro atoms. The Labute approximate surface area is 139 Å². The van der Waals surface area contributed by atoms with Gasteiger partial charge in [-0.25, -0.2) is 8.78 Å². The van der Waals surface area contributed by atoms with Gasteiger partial charge in [0.1, 0.15) is 11.6 Å². The number of hydrogen-bond acceptors (Lipinski definition) is 3. The van der Waals surface area contributed by atoms with Crippen molar-refractivity contribution < 1.29 is 18.4 Å². The van der Waals surface area contributed by atoms with Gasteiger partial charge in [-0.15, -0.1) is 0 Å². The summed E-state index contributed by atoms with van der Waals surface area (Å²) in [5.74, 6) is -2.25. The van der Waals surface area contributed by atoms with E-state index in [4.69, 9.17) is 5.73 Å². The van der Waals surface area contributed by atoms with Gasteiger partial charge in [0.15, 0.2) is 0 Å². The molecule has 5 nitrogen and oxygen atoms in total. The quantitative estimate of drug-likeness (QED) is 0.909. The Kier molecular flexibility index (Phi) is 4.80. The zero-order valence-corrected chi connectivity index (χ0v) is 13.4. The summed E-state index contributed by atoms with van der Waals surface area (Å²) in [5.41, 5.74) is 5.35. The van der Waals surface area contributed by atoms with E-state index in [0.717, 1.165) is 44.4 Å². The van der Waals surface area contributed by atoms with Crippen LogP contribution in [0.15, 0.2) is 18.2 Å². The van der Waals surface area contributed by atoms with E-state index in [1.54, 1.807) is 4.90 Å². The van der Waals surface area contributed by atoms with Gasteiger partial charge < -0.3 is 10.6 Å². The minimum Gasteiger partial charge on any atom is -0.368 e. The molecule has 24 heavy (non-hydrogen) atoms. The molecule has 2 heterocycles. The van der Waals surface area contributed by atoms with E-state index in [0.29, 0.717) is 13.1 Å². The number of nitrogens with zero attached hydrogens (tertiary/aromatic N) is 2. The highest BCUT2D eigenvalue weighted by Crippen LogP contribution is 2.26. The van der Waals surface area contributed by atoms with Gasteiger partial charge in [0.05, 0.1) is 11.6 Å². The zero-order valence-electron chi connectivity index (χ0n) is 13.4. The number of hydrogen-bond donors (Lipinski definition) is 1. The van der Waals surface area contributed by atoms with Crippen molar-refractivity contribution in [1.82, 2.24) is 9.80 Å². The summed E-state index contributed by atoms with van der Waals surface area (Å²) < 4.78 is 26.7. The number of benzene rings is 1. The number of primary amides is 1. The van der Waals surface area contributed by atoms with Crippen LogP contribution in [0.1, 0.15) is 36.0 Å². The Hall–Kier alpha value is -2.02. The maximum Gasteiger partial charge on any atom is 0.256 e. The summed E-state index contributed by atoms with van der Waals surface area (Å²) in [4.78, 5) is 27.7. The van der Waals surface area contributed by atoms with Crippen LogP contribution < -0.4 is 5.73 Å². The van der Waals surface area contributed by atoms with E-state index >= 15 is 0 Å². The number of carbonyl (C=O) groups excluding carboxylic acids is 2. The van der Waals surface area contributed by atoms with Crippen molar-refractivity contribution in [1.29, 1.82) is 0 Å². The molecule has 2 amide bonds. The van der Waals surface area contributed by atoms with E-state index in [1.807, 2.05) is 0 Å². The molecule has 7 heteroatoms. The molecule has 0 saturated carbocycles. The minimum absolute atomic E-state index is 0.106. The van der Waals surface area contributed by atoms with Crippen LogP contribution in [-0.4, -0.2) is 53.3 Å². The highest BCUT2D eigenvalue weighted by molar-refractivity contribution is 5.94. The Morgan fingerprint density at radius 1 is 1.08 bits per heavy atom. The number of piperidine rings is 1. The molecule has 2 aliphatic heterocycles. The summed E-state index contributed by atoms with van der Waals surface area (Å²) in [5, 5.41) is 0. The third-order valence-corrected chi connectivity index (χ3v) is 5.00. The smallest absolute Gasteiger partial charge is 0.256 e. The lowest BCUT2D eigenvalue weighted by molar-refractivity contribution is -0.123. The summed E-state index contributed by atoms with van der Waals surface area (Å²) in [6.45, 7) is 1.82. The van der Waals surface area contributed by atoms with Gasteiger partial charge in [-0.05, 0) is 44.4 Å². The molecule has 0 unspecified atom stereocenters. The normalized spacial score (nSPS) is 22.8. The number of likely N-dealkylation sites (tertiary alicyclic amines) is 2. The lowest BCUT2D eigenvalue weighted by Gasteiger charge is -2.38. The van der Waals surface area contributed by atoms with Crippen LogP contribution in [0.25, 0.3) is 0 Å². The lowest BCUT2D eigenvalue weighted by atomic mass is 10.0. The van der Waals surface area contributed by atoms with Crippen molar-refractivity contribution in [3.63, 3.8) is 0 Å². The first kappa shape index (κ1) is 16.8.